The molecule has 0 atom stereocenters. The number of aromatic nitrogens is 2. The predicted molar refractivity (Wildman–Crippen MR) is 73.8 cm³/mol. The zero-order valence-corrected chi connectivity index (χ0v) is 12.1. The Morgan fingerprint density at radius 2 is 2.05 bits per heavy atom. The highest BCUT2D eigenvalue weighted by atomic mass is 32.2. The lowest BCUT2D eigenvalue weighted by Gasteiger charge is -2.09. The van der Waals surface area contributed by atoms with Crippen molar-refractivity contribution in [1.82, 2.24) is 10.2 Å². The molecule has 0 aliphatic heterocycles. The van der Waals surface area contributed by atoms with Gasteiger partial charge in [0.2, 0.25) is 0 Å². The van der Waals surface area contributed by atoms with E-state index in [1.165, 1.54) is 13.0 Å². The molecule has 9 heteroatoms. The van der Waals surface area contributed by atoms with Crippen molar-refractivity contribution in [3.05, 3.63) is 41.0 Å². The maximum absolute atomic E-state index is 13.8. The van der Waals surface area contributed by atoms with Crippen molar-refractivity contribution in [3.8, 4) is 0 Å². The van der Waals surface area contributed by atoms with Gasteiger partial charge in [-0.15, -0.1) is 0 Å². The van der Waals surface area contributed by atoms with E-state index in [2.05, 4.69) is 14.9 Å². The molecule has 0 bridgehead atoms. The summed E-state index contributed by atoms with van der Waals surface area (Å²) in [6.45, 7) is 3.14. The Labute approximate surface area is 120 Å². The summed E-state index contributed by atoms with van der Waals surface area (Å²) >= 11 is 0. The lowest BCUT2D eigenvalue weighted by atomic mass is 10.2. The molecular formula is C12H13FN4O3S. The van der Waals surface area contributed by atoms with Gasteiger partial charge in [0.1, 0.15) is 16.4 Å². The van der Waals surface area contributed by atoms with Crippen LogP contribution in [0.4, 0.5) is 10.1 Å². The number of nitrogens with zero attached hydrogens (tertiary/aromatic N) is 1. The zero-order valence-electron chi connectivity index (χ0n) is 11.3. The second-order valence-electron chi connectivity index (χ2n) is 4.48. The third kappa shape index (κ3) is 2.87. The minimum absolute atomic E-state index is 0.0949. The Hall–Kier alpha value is -2.42. The third-order valence-corrected chi connectivity index (χ3v) is 4.18. The van der Waals surface area contributed by atoms with Crippen LogP contribution in [0.25, 0.3) is 0 Å². The maximum Gasteiger partial charge on any atom is 0.271 e. The molecule has 0 spiro atoms. The van der Waals surface area contributed by atoms with E-state index in [9.17, 15) is 17.6 Å². The first-order valence-corrected chi connectivity index (χ1v) is 7.34. The van der Waals surface area contributed by atoms with Crippen LogP contribution in [0.1, 0.15) is 21.7 Å². The molecule has 0 radical (unpaired) electrons. The summed E-state index contributed by atoms with van der Waals surface area (Å²) < 4.78 is 40.4. The first-order chi connectivity index (χ1) is 9.72. The topological polar surface area (TPSA) is 118 Å². The summed E-state index contributed by atoms with van der Waals surface area (Å²) in [6, 6.07) is 3.72. The molecule has 7 nitrogen and oxygen atoms in total. The van der Waals surface area contributed by atoms with Crippen LogP contribution in [0.2, 0.25) is 0 Å². The smallest absolute Gasteiger partial charge is 0.271 e. The molecule has 2 rings (SSSR count). The Morgan fingerprint density at radius 1 is 1.38 bits per heavy atom. The molecule has 4 N–H and O–H groups in total. The number of sulfonamides is 1. The Kier molecular flexibility index (Phi) is 3.69. The highest BCUT2D eigenvalue weighted by Crippen LogP contribution is 2.23. The highest BCUT2D eigenvalue weighted by Gasteiger charge is 2.24. The van der Waals surface area contributed by atoms with Gasteiger partial charge >= 0.3 is 0 Å². The number of benzene rings is 1. The van der Waals surface area contributed by atoms with Crippen LogP contribution >= 0.6 is 0 Å². The molecular weight excluding hydrogens is 299 g/mol. The summed E-state index contributed by atoms with van der Waals surface area (Å²) in [4.78, 5) is 10.7. The molecule has 1 aromatic heterocycles. The largest absolute Gasteiger partial charge is 0.364 e. The Morgan fingerprint density at radius 3 is 2.62 bits per heavy atom. The van der Waals surface area contributed by atoms with Crippen molar-refractivity contribution in [2.75, 3.05) is 4.72 Å². The fourth-order valence-corrected chi connectivity index (χ4v) is 2.94. The SMILES string of the molecule is Cc1ccc(S(=O)(=O)Nc2c(C(N)=O)n[nH]c2C)c(F)c1. The highest BCUT2D eigenvalue weighted by molar-refractivity contribution is 7.92. The number of aromatic amines is 1. The molecule has 1 aromatic carbocycles. The number of primary amides is 1. The van der Waals surface area contributed by atoms with E-state index in [4.69, 9.17) is 5.73 Å². The van der Waals surface area contributed by atoms with Crippen molar-refractivity contribution in [3.63, 3.8) is 0 Å². The molecule has 0 aliphatic rings. The van der Waals surface area contributed by atoms with Crippen LogP contribution < -0.4 is 10.5 Å². The van der Waals surface area contributed by atoms with Gasteiger partial charge in [0.15, 0.2) is 5.69 Å². The van der Waals surface area contributed by atoms with E-state index in [-0.39, 0.29) is 11.4 Å². The third-order valence-electron chi connectivity index (χ3n) is 2.79. The fourth-order valence-electron chi connectivity index (χ4n) is 1.75. The molecule has 0 aliphatic carbocycles. The van der Waals surface area contributed by atoms with Crippen molar-refractivity contribution >= 4 is 21.6 Å². The van der Waals surface area contributed by atoms with Crippen LogP contribution in [0.5, 0.6) is 0 Å². The molecule has 0 unspecified atom stereocenters. The summed E-state index contributed by atoms with van der Waals surface area (Å²) in [5.74, 6) is -1.79. The van der Waals surface area contributed by atoms with E-state index in [0.717, 1.165) is 12.1 Å². The first kappa shape index (κ1) is 15.0. The number of H-pyrrole nitrogens is 1. The van der Waals surface area contributed by atoms with E-state index < -0.39 is 26.6 Å². The number of carbonyl (C=O) groups is 1. The van der Waals surface area contributed by atoms with Gasteiger partial charge in [-0.3, -0.25) is 14.6 Å². The Bertz CT molecular complexity index is 814. The number of halogens is 1. The average Bonchev–Trinajstić information content (AvgIpc) is 2.70. The van der Waals surface area contributed by atoms with Gasteiger partial charge in [-0.25, -0.2) is 12.8 Å². The normalized spacial score (nSPS) is 11.4. The molecule has 0 fully saturated rings. The molecule has 1 heterocycles. The molecule has 0 saturated heterocycles. The van der Waals surface area contributed by atoms with Gasteiger partial charge in [-0.2, -0.15) is 5.10 Å². The van der Waals surface area contributed by atoms with E-state index in [1.807, 2.05) is 0 Å². The quantitative estimate of drug-likeness (QED) is 0.782. The number of hydrogen-bond donors (Lipinski definition) is 3. The van der Waals surface area contributed by atoms with Crippen LogP contribution in [-0.2, 0) is 10.0 Å². The maximum atomic E-state index is 13.8. The van der Waals surface area contributed by atoms with Crippen LogP contribution in [0.15, 0.2) is 23.1 Å². The summed E-state index contributed by atoms with van der Waals surface area (Å²) in [5.41, 5.74) is 5.63. The first-order valence-electron chi connectivity index (χ1n) is 5.86. The number of hydrogen-bond acceptors (Lipinski definition) is 4. The number of anilines is 1. The number of carbonyl (C=O) groups excluding carboxylic acids is 1. The molecule has 21 heavy (non-hydrogen) atoms. The van der Waals surface area contributed by atoms with Gasteiger partial charge < -0.3 is 5.73 Å². The molecule has 1 amide bonds. The van der Waals surface area contributed by atoms with Crippen LogP contribution in [-0.4, -0.2) is 24.5 Å². The van der Waals surface area contributed by atoms with Crippen molar-refractivity contribution < 1.29 is 17.6 Å². The summed E-state index contributed by atoms with van der Waals surface area (Å²) in [7, 11) is -4.20. The number of aryl methyl sites for hydroxylation is 2. The standard InChI is InChI=1S/C12H13FN4O3S/c1-6-3-4-9(8(13)5-6)21(19,20)17-10-7(2)15-16-11(10)12(14)18/h3-5,17H,1-2H3,(H2,14,18)(H,15,16). The number of amides is 1. The van der Waals surface area contributed by atoms with Gasteiger partial charge in [0.05, 0.1) is 5.69 Å². The molecule has 0 saturated carbocycles. The minimum Gasteiger partial charge on any atom is -0.364 e. The van der Waals surface area contributed by atoms with Gasteiger partial charge in [0.25, 0.3) is 15.9 Å². The fraction of sp³-hybridized carbons (Fsp3) is 0.167. The van der Waals surface area contributed by atoms with Gasteiger partial charge in [-0.05, 0) is 31.5 Å². The second kappa shape index (κ2) is 5.17. The summed E-state index contributed by atoms with van der Waals surface area (Å²) in [5, 5.41) is 6.05. The van der Waals surface area contributed by atoms with Crippen LogP contribution in [0.3, 0.4) is 0 Å². The van der Waals surface area contributed by atoms with E-state index in [1.54, 1.807) is 6.92 Å². The average molecular weight is 312 g/mol. The lowest BCUT2D eigenvalue weighted by Crippen LogP contribution is -2.19. The number of nitrogens with two attached hydrogens (primary N) is 1. The monoisotopic (exact) mass is 312 g/mol. The molecule has 112 valence electrons. The van der Waals surface area contributed by atoms with E-state index >= 15 is 0 Å². The zero-order chi connectivity index (χ0) is 15.8. The Balaban J connectivity index is 2.47. The number of nitrogens with one attached hydrogen (secondary N) is 2. The minimum atomic E-state index is -4.20. The van der Waals surface area contributed by atoms with E-state index in [0.29, 0.717) is 11.3 Å². The van der Waals surface area contributed by atoms with Gasteiger partial charge in [0, 0.05) is 0 Å². The molecule has 2 aromatic rings. The lowest BCUT2D eigenvalue weighted by molar-refractivity contribution is 0.0996. The summed E-state index contributed by atoms with van der Waals surface area (Å²) in [6.07, 6.45) is 0. The van der Waals surface area contributed by atoms with Crippen molar-refractivity contribution in [1.29, 1.82) is 0 Å². The van der Waals surface area contributed by atoms with Gasteiger partial charge in [-0.1, -0.05) is 6.07 Å². The van der Waals surface area contributed by atoms with Crippen molar-refractivity contribution in [2.45, 2.75) is 18.7 Å². The van der Waals surface area contributed by atoms with Crippen molar-refractivity contribution in [2.24, 2.45) is 5.73 Å². The predicted octanol–water partition coefficient (Wildman–Crippen LogP) is 1.07. The van der Waals surface area contributed by atoms with Crippen LogP contribution in [0, 0.1) is 19.7 Å². The number of rotatable bonds is 4. The second-order valence-corrected chi connectivity index (χ2v) is 6.13.